The average molecular weight is 440 g/mol. The van der Waals surface area contributed by atoms with E-state index < -0.39 is 11.6 Å². The third-order valence-electron chi connectivity index (χ3n) is 5.28. The summed E-state index contributed by atoms with van der Waals surface area (Å²) >= 11 is 1.41. The molecule has 0 radical (unpaired) electrons. The third-order valence-corrected chi connectivity index (χ3v) is 6.33. The van der Waals surface area contributed by atoms with Crippen LogP contribution in [0.2, 0.25) is 0 Å². The van der Waals surface area contributed by atoms with Crippen LogP contribution in [0.4, 0.5) is 15.2 Å². The van der Waals surface area contributed by atoms with Gasteiger partial charge in [-0.2, -0.15) is 0 Å². The summed E-state index contributed by atoms with van der Waals surface area (Å²) in [5.74, 6) is -1.50. The number of halogens is 1. The van der Waals surface area contributed by atoms with Gasteiger partial charge in [0.25, 0.3) is 0 Å². The van der Waals surface area contributed by atoms with Crippen molar-refractivity contribution in [2.24, 2.45) is 5.92 Å². The zero-order chi connectivity index (χ0) is 22.4. The Morgan fingerprint density at radius 1 is 1.29 bits per heavy atom. The van der Waals surface area contributed by atoms with Gasteiger partial charge < -0.3 is 10.6 Å². The Morgan fingerprint density at radius 3 is 2.65 bits per heavy atom. The predicted molar refractivity (Wildman–Crippen MR) is 125 cm³/mol. The van der Waals surface area contributed by atoms with Gasteiger partial charge >= 0.3 is 0 Å². The SMILES string of the molecule is C=CC(=O)Nc1ccc(C2=CC=CC(F)(C(CC)C(=O)Nc3ncc(CC)s3)C2)cc1. The number of carbonyl (C=O) groups excluding carboxylic acids is 2. The van der Waals surface area contributed by atoms with Crippen LogP contribution in [-0.2, 0) is 16.0 Å². The molecule has 1 aromatic carbocycles. The summed E-state index contributed by atoms with van der Waals surface area (Å²) < 4.78 is 16.0. The van der Waals surface area contributed by atoms with Crippen LogP contribution in [0.15, 0.2) is 61.3 Å². The molecule has 1 aliphatic rings. The van der Waals surface area contributed by atoms with E-state index in [2.05, 4.69) is 22.2 Å². The largest absolute Gasteiger partial charge is 0.323 e. The molecule has 0 fully saturated rings. The number of hydrogen-bond donors (Lipinski definition) is 2. The van der Waals surface area contributed by atoms with Crippen LogP contribution in [0.3, 0.4) is 0 Å². The fourth-order valence-electron chi connectivity index (χ4n) is 3.60. The van der Waals surface area contributed by atoms with Crippen LogP contribution in [-0.4, -0.2) is 22.5 Å². The second-order valence-corrected chi connectivity index (χ2v) is 8.48. The molecule has 2 N–H and O–H groups in total. The molecule has 1 aliphatic carbocycles. The number of hydrogen-bond acceptors (Lipinski definition) is 4. The number of nitrogens with zero attached hydrogens (tertiary/aromatic N) is 1. The first-order valence-corrected chi connectivity index (χ1v) is 11.1. The first kappa shape index (κ1) is 22.6. The molecule has 2 aromatic rings. The van der Waals surface area contributed by atoms with Crippen molar-refractivity contribution in [2.45, 2.75) is 38.8 Å². The Labute approximate surface area is 185 Å². The predicted octanol–water partition coefficient (Wildman–Crippen LogP) is 5.55. The number of allylic oxidation sites excluding steroid dienone is 4. The van der Waals surface area contributed by atoms with E-state index in [0.29, 0.717) is 17.2 Å². The molecule has 7 heteroatoms. The van der Waals surface area contributed by atoms with Gasteiger partial charge in [0.15, 0.2) is 5.13 Å². The molecule has 31 heavy (non-hydrogen) atoms. The number of aryl methyl sites for hydroxylation is 1. The molecule has 0 spiro atoms. The van der Waals surface area contributed by atoms with Crippen LogP contribution in [0, 0.1) is 5.92 Å². The first-order chi connectivity index (χ1) is 14.9. The minimum absolute atomic E-state index is 0.0892. The van der Waals surface area contributed by atoms with Gasteiger partial charge in [0.05, 0.1) is 5.92 Å². The summed E-state index contributed by atoms with van der Waals surface area (Å²) in [6.45, 7) is 7.26. The fraction of sp³-hybridized carbons (Fsp3) is 0.292. The third kappa shape index (κ3) is 5.35. The highest BCUT2D eigenvalue weighted by atomic mass is 32.1. The molecule has 0 saturated heterocycles. The zero-order valence-corrected chi connectivity index (χ0v) is 18.5. The number of carbonyl (C=O) groups is 2. The van der Waals surface area contributed by atoms with E-state index in [1.165, 1.54) is 23.5 Å². The lowest BCUT2D eigenvalue weighted by Gasteiger charge is -2.32. The van der Waals surface area contributed by atoms with Gasteiger partial charge in [-0.1, -0.05) is 44.7 Å². The Bertz CT molecular complexity index is 1030. The highest BCUT2D eigenvalue weighted by Gasteiger charge is 2.42. The molecule has 1 aromatic heterocycles. The van der Waals surface area contributed by atoms with Crippen LogP contribution in [0.5, 0.6) is 0 Å². The minimum Gasteiger partial charge on any atom is -0.323 e. The van der Waals surface area contributed by atoms with Crippen LogP contribution in [0.25, 0.3) is 5.57 Å². The molecular formula is C24H26FN3O2S. The normalized spacial score (nSPS) is 18.7. The molecule has 2 unspecified atom stereocenters. The molecule has 0 bridgehead atoms. The molecule has 0 saturated carbocycles. The lowest BCUT2D eigenvalue weighted by molar-refractivity contribution is -0.123. The number of benzene rings is 1. The number of aromatic nitrogens is 1. The average Bonchev–Trinajstić information content (AvgIpc) is 3.22. The van der Waals surface area contributed by atoms with Gasteiger partial charge in [-0.25, -0.2) is 9.37 Å². The van der Waals surface area contributed by atoms with Crippen molar-refractivity contribution in [1.82, 2.24) is 4.98 Å². The molecule has 2 amide bonds. The van der Waals surface area contributed by atoms with Crippen molar-refractivity contribution < 1.29 is 14.0 Å². The van der Waals surface area contributed by atoms with Crippen molar-refractivity contribution in [2.75, 3.05) is 10.6 Å². The standard InChI is InChI=1S/C24H26FN3O2S/c1-4-19-15-26-23(31-19)28-22(30)20(5-2)24(25)13-7-8-17(14-24)16-9-11-18(12-10-16)27-21(29)6-3/h6-13,15,20H,3-5,14H2,1-2H3,(H,27,29)(H,26,28,30). The van der Waals surface area contributed by atoms with E-state index in [1.54, 1.807) is 24.4 Å². The van der Waals surface area contributed by atoms with Crippen molar-refractivity contribution in [3.63, 3.8) is 0 Å². The van der Waals surface area contributed by atoms with E-state index in [4.69, 9.17) is 0 Å². The lowest BCUT2D eigenvalue weighted by Crippen LogP contribution is -2.40. The summed E-state index contributed by atoms with van der Waals surface area (Å²) in [6.07, 6.45) is 9.21. The van der Waals surface area contributed by atoms with Crippen LogP contribution < -0.4 is 10.6 Å². The lowest BCUT2D eigenvalue weighted by atomic mass is 9.77. The molecule has 1 heterocycles. The van der Waals surface area contributed by atoms with Crippen molar-refractivity contribution in [3.8, 4) is 0 Å². The number of rotatable bonds is 8. The van der Waals surface area contributed by atoms with Gasteiger partial charge in [-0.05, 0) is 48.3 Å². The van der Waals surface area contributed by atoms with E-state index >= 15 is 4.39 Å². The van der Waals surface area contributed by atoms with E-state index in [9.17, 15) is 9.59 Å². The summed E-state index contributed by atoms with van der Waals surface area (Å²) in [4.78, 5) is 29.6. The molecule has 0 aliphatic heterocycles. The minimum atomic E-state index is -1.80. The number of thiazole rings is 1. The van der Waals surface area contributed by atoms with Crippen LogP contribution in [0.1, 0.15) is 37.1 Å². The van der Waals surface area contributed by atoms with E-state index in [-0.39, 0.29) is 18.2 Å². The van der Waals surface area contributed by atoms with Gasteiger partial charge in [-0.3, -0.25) is 9.59 Å². The summed E-state index contributed by atoms with van der Waals surface area (Å²) in [6, 6.07) is 7.17. The summed E-state index contributed by atoms with van der Waals surface area (Å²) in [5.41, 5.74) is 0.461. The van der Waals surface area contributed by atoms with E-state index in [0.717, 1.165) is 22.4 Å². The molecule has 162 valence electrons. The number of nitrogens with one attached hydrogen (secondary N) is 2. The highest BCUT2D eigenvalue weighted by molar-refractivity contribution is 7.15. The number of anilines is 2. The smallest absolute Gasteiger partial charge is 0.247 e. The van der Waals surface area contributed by atoms with Gasteiger partial charge in [0.2, 0.25) is 11.8 Å². The Kier molecular flexibility index (Phi) is 7.17. The fourth-order valence-corrected chi connectivity index (χ4v) is 4.35. The van der Waals surface area contributed by atoms with Crippen molar-refractivity contribution >= 4 is 39.5 Å². The van der Waals surface area contributed by atoms with Crippen molar-refractivity contribution in [1.29, 1.82) is 0 Å². The maximum absolute atomic E-state index is 16.0. The molecule has 2 atom stereocenters. The van der Waals surface area contributed by atoms with Gasteiger partial charge in [-0.15, -0.1) is 11.3 Å². The topological polar surface area (TPSA) is 71.1 Å². The summed E-state index contributed by atoms with van der Waals surface area (Å²) in [5, 5.41) is 5.97. The van der Waals surface area contributed by atoms with Crippen LogP contribution >= 0.6 is 11.3 Å². The Morgan fingerprint density at radius 2 is 2.03 bits per heavy atom. The van der Waals surface area contributed by atoms with Gasteiger partial charge in [0, 0.05) is 23.2 Å². The Hall–Kier alpha value is -3.06. The van der Waals surface area contributed by atoms with E-state index in [1.807, 2.05) is 32.1 Å². The molecular weight excluding hydrogens is 413 g/mol. The zero-order valence-electron chi connectivity index (χ0n) is 17.7. The highest BCUT2D eigenvalue weighted by Crippen LogP contribution is 2.40. The second-order valence-electron chi connectivity index (χ2n) is 7.36. The Balaban J connectivity index is 1.73. The number of amides is 2. The molecule has 5 nitrogen and oxygen atoms in total. The monoisotopic (exact) mass is 439 g/mol. The number of alkyl halides is 1. The molecule has 3 rings (SSSR count). The summed E-state index contributed by atoms with van der Waals surface area (Å²) in [7, 11) is 0. The second kappa shape index (κ2) is 9.83. The maximum atomic E-state index is 16.0. The quantitative estimate of drug-likeness (QED) is 0.530. The van der Waals surface area contributed by atoms with Gasteiger partial charge in [0.1, 0.15) is 5.67 Å². The maximum Gasteiger partial charge on any atom is 0.247 e. The first-order valence-electron chi connectivity index (χ1n) is 10.2. The van der Waals surface area contributed by atoms with Crippen molar-refractivity contribution in [3.05, 3.63) is 71.8 Å².